The summed E-state index contributed by atoms with van der Waals surface area (Å²) in [5, 5.41) is 3.57. The summed E-state index contributed by atoms with van der Waals surface area (Å²) < 4.78 is 47.3. The van der Waals surface area contributed by atoms with Crippen LogP contribution in [0, 0.1) is 0 Å². The molecule has 0 saturated carbocycles. The van der Waals surface area contributed by atoms with Crippen molar-refractivity contribution < 1.29 is 27.1 Å². The number of nitrogens with one attached hydrogen (secondary N) is 1. The van der Waals surface area contributed by atoms with E-state index in [1.54, 1.807) is 19.1 Å². The summed E-state index contributed by atoms with van der Waals surface area (Å²) in [6.07, 6.45) is -3.27. The highest BCUT2D eigenvalue weighted by molar-refractivity contribution is 5.96. The first-order valence-electron chi connectivity index (χ1n) is 7.77. The predicted molar refractivity (Wildman–Crippen MR) is 87.9 cm³/mol. The van der Waals surface area contributed by atoms with Crippen LogP contribution in [0.15, 0.2) is 53.1 Å². The number of carbonyl (C=O) groups excluding carboxylic acids is 1. The Morgan fingerprint density at radius 1 is 1.27 bits per heavy atom. The summed E-state index contributed by atoms with van der Waals surface area (Å²) in [4.78, 5) is 16.1. The highest BCUT2D eigenvalue weighted by Gasteiger charge is 2.30. The van der Waals surface area contributed by atoms with Crippen molar-refractivity contribution in [3.8, 4) is 5.88 Å². The number of ether oxygens (including phenoxy) is 1. The van der Waals surface area contributed by atoms with Gasteiger partial charge in [-0.05, 0) is 31.2 Å². The van der Waals surface area contributed by atoms with Gasteiger partial charge in [0.1, 0.15) is 16.9 Å². The molecule has 5 nitrogen and oxygen atoms in total. The lowest BCUT2D eigenvalue weighted by Crippen LogP contribution is -2.28. The average Bonchev–Trinajstić information content (AvgIpc) is 3.04. The van der Waals surface area contributed by atoms with Gasteiger partial charge < -0.3 is 14.5 Å². The average molecular weight is 364 g/mol. The van der Waals surface area contributed by atoms with Gasteiger partial charge in [0.15, 0.2) is 6.61 Å². The number of rotatable bonds is 5. The Bertz CT molecular complexity index is 888. The lowest BCUT2D eigenvalue weighted by Gasteiger charge is -2.14. The molecule has 2 aromatic heterocycles. The van der Waals surface area contributed by atoms with E-state index < -0.39 is 24.7 Å². The molecule has 8 heteroatoms. The van der Waals surface area contributed by atoms with Crippen molar-refractivity contribution in [2.75, 3.05) is 6.61 Å². The number of carbonyl (C=O) groups is 1. The summed E-state index contributed by atoms with van der Waals surface area (Å²) in [5.74, 6) is -0.455. The standard InChI is InChI=1S/C18H15F3N2O3/c1-11(15-9-12-5-2-3-7-14(12)26-15)23-16(24)13-6-4-8-22-17(13)25-10-18(19,20)21/h2-9,11H,10H2,1H3,(H,23,24)/t11-/m0/s1. The third-order valence-electron chi connectivity index (χ3n) is 3.61. The highest BCUT2D eigenvalue weighted by Crippen LogP contribution is 2.25. The van der Waals surface area contributed by atoms with Crippen LogP contribution < -0.4 is 10.1 Å². The quantitative estimate of drug-likeness (QED) is 0.735. The van der Waals surface area contributed by atoms with Gasteiger partial charge in [-0.1, -0.05) is 18.2 Å². The van der Waals surface area contributed by atoms with Crippen molar-refractivity contribution in [2.24, 2.45) is 0 Å². The molecular formula is C18H15F3N2O3. The third-order valence-corrected chi connectivity index (χ3v) is 3.61. The number of para-hydroxylation sites is 1. The van der Waals surface area contributed by atoms with Gasteiger partial charge in [0.05, 0.1) is 6.04 Å². The van der Waals surface area contributed by atoms with Crippen molar-refractivity contribution in [3.05, 3.63) is 60.0 Å². The van der Waals surface area contributed by atoms with Crippen LogP contribution in [-0.4, -0.2) is 23.7 Å². The van der Waals surface area contributed by atoms with E-state index in [1.807, 2.05) is 18.2 Å². The van der Waals surface area contributed by atoms with Crippen LogP contribution in [0.25, 0.3) is 11.0 Å². The van der Waals surface area contributed by atoms with E-state index in [4.69, 9.17) is 4.42 Å². The Morgan fingerprint density at radius 3 is 2.77 bits per heavy atom. The van der Waals surface area contributed by atoms with Gasteiger partial charge in [0, 0.05) is 11.6 Å². The molecule has 136 valence electrons. The Balaban J connectivity index is 1.75. The monoisotopic (exact) mass is 364 g/mol. The molecule has 0 saturated heterocycles. The molecule has 2 heterocycles. The smallest absolute Gasteiger partial charge is 0.422 e. The van der Waals surface area contributed by atoms with Crippen LogP contribution in [0.1, 0.15) is 29.1 Å². The number of hydrogen-bond acceptors (Lipinski definition) is 4. The molecule has 0 aliphatic heterocycles. The molecule has 3 rings (SSSR count). The number of hydrogen-bond donors (Lipinski definition) is 1. The maximum absolute atomic E-state index is 12.4. The van der Waals surface area contributed by atoms with E-state index >= 15 is 0 Å². The Labute approximate surface area is 146 Å². The first-order valence-corrected chi connectivity index (χ1v) is 7.77. The molecule has 0 unspecified atom stereocenters. The summed E-state index contributed by atoms with van der Waals surface area (Å²) in [6.45, 7) is 0.186. The van der Waals surface area contributed by atoms with E-state index in [9.17, 15) is 18.0 Å². The fourth-order valence-corrected chi connectivity index (χ4v) is 2.39. The minimum Gasteiger partial charge on any atom is -0.467 e. The van der Waals surface area contributed by atoms with Gasteiger partial charge in [-0.15, -0.1) is 0 Å². The van der Waals surface area contributed by atoms with Gasteiger partial charge >= 0.3 is 6.18 Å². The van der Waals surface area contributed by atoms with E-state index in [0.29, 0.717) is 11.3 Å². The van der Waals surface area contributed by atoms with Crippen LogP contribution in [0.3, 0.4) is 0 Å². The fourth-order valence-electron chi connectivity index (χ4n) is 2.39. The molecule has 1 aromatic carbocycles. The Morgan fingerprint density at radius 2 is 2.04 bits per heavy atom. The number of fused-ring (bicyclic) bond motifs is 1. The normalized spacial score (nSPS) is 12.8. The summed E-state index contributed by atoms with van der Waals surface area (Å²) in [6, 6.07) is 11.5. The Hall–Kier alpha value is -3.03. The number of halogens is 3. The molecular weight excluding hydrogens is 349 g/mol. The summed E-state index contributed by atoms with van der Waals surface area (Å²) in [5.41, 5.74) is 0.596. The molecule has 0 bridgehead atoms. The molecule has 1 amide bonds. The number of nitrogens with zero attached hydrogens (tertiary/aromatic N) is 1. The largest absolute Gasteiger partial charge is 0.467 e. The zero-order valence-corrected chi connectivity index (χ0v) is 13.7. The molecule has 0 fully saturated rings. The van der Waals surface area contributed by atoms with Crippen LogP contribution in [-0.2, 0) is 0 Å². The number of aromatic nitrogens is 1. The van der Waals surface area contributed by atoms with Crippen molar-refractivity contribution >= 4 is 16.9 Å². The van der Waals surface area contributed by atoms with Gasteiger partial charge in [0.25, 0.3) is 5.91 Å². The maximum atomic E-state index is 12.4. The lowest BCUT2D eigenvalue weighted by molar-refractivity contribution is -0.154. The lowest BCUT2D eigenvalue weighted by atomic mass is 10.2. The van der Waals surface area contributed by atoms with Gasteiger partial charge in [0.2, 0.25) is 5.88 Å². The highest BCUT2D eigenvalue weighted by atomic mass is 19.4. The van der Waals surface area contributed by atoms with Crippen LogP contribution >= 0.6 is 0 Å². The minimum absolute atomic E-state index is 0.0836. The predicted octanol–water partition coefficient (Wildman–Crippen LogP) is 4.26. The summed E-state index contributed by atoms with van der Waals surface area (Å²) >= 11 is 0. The first kappa shape index (κ1) is 17.8. The first-order chi connectivity index (χ1) is 12.3. The SMILES string of the molecule is C[C@H](NC(=O)c1cccnc1OCC(F)(F)F)c1cc2ccccc2o1. The second-order valence-electron chi connectivity index (χ2n) is 5.64. The van der Waals surface area contributed by atoms with Gasteiger partial charge in [-0.25, -0.2) is 4.98 Å². The number of alkyl halides is 3. The minimum atomic E-state index is -4.52. The second-order valence-corrected chi connectivity index (χ2v) is 5.64. The molecule has 3 aromatic rings. The molecule has 26 heavy (non-hydrogen) atoms. The fraction of sp³-hybridized carbons (Fsp3) is 0.222. The molecule has 1 N–H and O–H groups in total. The van der Waals surface area contributed by atoms with Crippen molar-refractivity contribution in [2.45, 2.75) is 19.1 Å². The third kappa shape index (κ3) is 4.14. The van der Waals surface area contributed by atoms with Crippen molar-refractivity contribution in [1.82, 2.24) is 10.3 Å². The number of furan rings is 1. The molecule has 0 radical (unpaired) electrons. The summed E-state index contributed by atoms with van der Waals surface area (Å²) in [7, 11) is 0. The van der Waals surface area contributed by atoms with Crippen molar-refractivity contribution in [3.63, 3.8) is 0 Å². The van der Waals surface area contributed by atoms with Gasteiger partial charge in [-0.3, -0.25) is 4.79 Å². The topological polar surface area (TPSA) is 64.4 Å². The van der Waals surface area contributed by atoms with Crippen LogP contribution in [0.5, 0.6) is 5.88 Å². The molecule has 1 atom stereocenters. The molecule has 0 spiro atoms. The van der Waals surface area contributed by atoms with E-state index in [-0.39, 0.29) is 11.4 Å². The zero-order valence-electron chi connectivity index (χ0n) is 13.7. The van der Waals surface area contributed by atoms with Crippen LogP contribution in [0.2, 0.25) is 0 Å². The maximum Gasteiger partial charge on any atom is 0.422 e. The van der Waals surface area contributed by atoms with E-state index in [1.165, 1.54) is 18.3 Å². The number of pyridine rings is 1. The van der Waals surface area contributed by atoms with Crippen LogP contribution in [0.4, 0.5) is 13.2 Å². The number of amides is 1. The van der Waals surface area contributed by atoms with Crippen molar-refractivity contribution in [1.29, 1.82) is 0 Å². The number of benzene rings is 1. The zero-order chi connectivity index (χ0) is 18.7. The molecule has 0 aliphatic rings. The van der Waals surface area contributed by atoms with E-state index in [2.05, 4.69) is 15.0 Å². The second kappa shape index (κ2) is 7.07. The van der Waals surface area contributed by atoms with Gasteiger partial charge in [-0.2, -0.15) is 13.2 Å². The Kier molecular flexibility index (Phi) is 4.83. The van der Waals surface area contributed by atoms with E-state index in [0.717, 1.165) is 5.39 Å². The molecule has 0 aliphatic carbocycles.